The molecule has 0 aliphatic heterocycles. The molecule has 0 heterocycles. The number of allylic oxidation sites excluding steroid dienone is 3. The molecule has 3 aliphatic rings. The van der Waals surface area contributed by atoms with Crippen LogP contribution in [0.4, 0.5) is 0 Å². The van der Waals surface area contributed by atoms with Crippen molar-refractivity contribution in [3.05, 3.63) is 53.6 Å². The summed E-state index contributed by atoms with van der Waals surface area (Å²) < 4.78 is 25.3. The number of sulfone groups is 1. The maximum Gasteiger partial charge on any atom is 0.178 e. The van der Waals surface area contributed by atoms with Gasteiger partial charge in [0.2, 0.25) is 0 Å². The summed E-state index contributed by atoms with van der Waals surface area (Å²) in [7, 11) is -3.20. The molecule has 4 nitrogen and oxygen atoms in total. The quantitative estimate of drug-likeness (QED) is 0.613. The molecule has 3 aliphatic carbocycles. The first kappa shape index (κ1) is 23.7. The minimum atomic E-state index is -3.20. The molecule has 2 N–H and O–H groups in total. The Morgan fingerprint density at radius 1 is 1.06 bits per heavy atom. The number of aliphatic hydroxyl groups is 2. The van der Waals surface area contributed by atoms with E-state index < -0.39 is 22.0 Å². The lowest BCUT2D eigenvalue weighted by atomic mass is 9.63. The molecule has 1 aromatic rings. The summed E-state index contributed by atoms with van der Waals surface area (Å²) in [6.07, 6.45) is 13.0. The van der Waals surface area contributed by atoms with Gasteiger partial charge in [-0.1, -0.05) is 48.4 Å². The summed E-state index contributed by atoms with van der Waals surface area (Å²) in [5.41, 5.74) is 2.92. The van der Waals surface area contributed by atoms with Gasteiger partial charge in [0.05, 0.1) is 22.9 Å². The predicted molar refractivity (Wildman–Crippen MR) is 128 cm³/mol. The first-order valence-corrected chi connectivity index (χ1v) is 14.0. The predicted octanol–water partition coefficient (Wildman–Crippen LogP) is 5.22. The summed E-state index contributed by atoms with van der Waals surface area (Å²) in [4.78, 5) is 0.435. The largest absolute Gasteiger partial charge is 0.393 e. The Kier molecular flexibility index (Phi) is 7.28. The molecular formula is C27H38O4S. The van der Waals surface area contributed by atoms with Crippen LogP contribution < -0.4 is 0 Å². The van der Waals surface area contributed by atoms with Gasteiger partial charge < -0.3 is 10.2 Å². The fourth-order valence-corrected chi connectivity index (χ4v) is 7.97. The van der Waals surface area contributed by atoms with Crippen LogP contribution in [0, 0.1) is 17.3 Å². The van der Waals surface area contributed by atoms with Crippen molar-refractivity contribution in [2.24, 2.45) is 17.3 Å². The van der Waals surface area contributed by atoms with Crippen molar-refractivity contribution in [3.8, 4) is 0 Å². The number of aliphatic hydroxyl groups excluding tert-OH is 2. The van der Waals surface area contributed by atoms with Crippen molar-refractivity contribution in [2.45, 2.75) is 88.2 Å². The molecule has 176 valence electrons. The highest BCUT2D eigenvalue weighted by molar-refractivity contribution is 7.91. The topological polar surface area (TPSA) is 74.6 Å². The molecule has 0 saturated heterocycles. The summed E-state index contributed by atoms with van der Waals surface area (Å²) in [6.45, 7) is 2.43. The molecule has 0 spiro atoms. The first-order valence-electron chi connectivity index (χ1n) is 12.3. The van der Waals surface area contributed by atoms with Crippen LogP contribution in [0.15, 0.2) is 58.5 Å². The van der Waals surface area contributed by atoms with E-state index in [1.165, 1.54) is 31.3 Å². The van der Waals surface area contributed by atoms with Gasteiger partial charge in [-0.05, 0) is 93.6 Å². The Morgan fingerprint density at radius 3 is 2.50 bits per heavy atom. The zero-order valence-electron chi connectivity index (χ0n) is 19.2. The molecule has 32 heavy (non-hydrogen) atoms. The number of hydrogen-bond acceptors (Lipinski definition) is 4. The van der Waals surface area contributed by atoms with E-state index in [0.29, 0.717) is 36.0 Å². The van der Waals surface area contributed by atoms with E-state index in [-0.39, 0.29) is 11.2 Å². The molecule has 0 bridgehead atoms. The first-order chi connectivity index (χ1) is 15.3. The second kappa shape index (κ2) is 9.82. The van der Waals surface area contributed by atoms with Crippen molar-refractivity contribution in [2.75, 3.05) is 5.75 Å². The fraction of sp³-hybridized carbons (Fsp3) is 0.630. The van der Waals surface area contributed by atoms with Gasteiger partial charge in [-0.15, -0.1) is 0 Å². The highest BCUT2D eigenvalue weighted by atomic mass is 32.2. The van der Waals surface area contributed by atoms with E-state index >= 15 is 0 Å². The fourth-order valence-electron chi connectivity index (χ4n) is 6.62. The number of hydrogen-bond donors (Lipinski definition) is 2. The van der Waals surface area contributed by atoms with Crippen molar-refractivity contribution in [1.82, 2.24) is 0 Å². The molecule has 5 heteroatoms. The second-order valence-electron chi connectivity index (χ2n) is 10.5. The maximum atomic E-state index is 12.7. The van der Waals surface area contributed by atoms with Crippen LogP contribution in [0.2, 0.25) is 0 Å². The van der Waals surface area contributed by atoms with Crippen LogP contribution >= 0.6 is 0 Å². The van der Waals surface area contributed by atoms with E-state index in [9.17, 15) is 18.6 Å². The third-order valence-corrected chi connectivity index (χ3v) is 10.1. The molecule has 4 rings (SSSR count). The van der Waals surface area contributed by atoms with Crippen molar-refractivity contribution < 1.29 is 18.6 Å². The van der Waals surface area contributed by atoms with Crippen molar-refractivity contribution >= 4 is 9.84 Å². The minimum absolute atomic E-state index is 0.230. The highest BCUT2D eigenvalue weighted by Crippen LogP contribution is 2.58. The van der Waals surface area contributed by atoms with Gasteiger partial charge in [-0.25, -0.2) is 8.42 Å². The van der Waals surface area contributed by atoms with Gasteiger partial charge in [0.1, 0.15) is 0 Å². The Morgan fingerprint density at radius 2 is 1.78 bits per heavy atom. The molecule has 3 fully saturated rings. The number of fused-ring (bicyclic) bond motifs is 1. The van der Waals surface area contributed by atoms with Gasteiger partial charge in [0.25, 0.3) is 0 Å². The maximum absolute atomic E-state index is 12.7. The third-order valence-electron chi connectivity index (χ3n) is 8.30. The molecule has 0 amide bonds. The smallest absolute Gasteiger partial charge is 0.178 e. The van der Waals surface area contributed by atoms with E-state index in [1.807, 2.05) is 6.07 Å². The average Bonchev–Trinajstić information content (AvgIpc) is 3.09. The Labute approximate surface area is 193 Å². The Bertz CT molecular complexity index is 937. The van der Waals surface area contributed by atoms with Crippen LogP contribution in [0.1, 0.15) is 71.1 Å². The van der Waals surface area contributed by atoms with Crippen molar-refractivity contribution in [3.63, 3.8) is 0 Å². The van der Waals surface area contributed by atoms with E-state index in [1.54, 1.807) is 24.3 Å². The molecule has 0 radical (unpaired) electrons. The highest BCUT2D eigenvalue weighted by Gasteiger charge is 2.48. The van der Waals surface area contributed by atoms with Crippen molar-refractivity contribution in [1.29, 1.82) is 0 Å². The SMILES string of the molecule is C[C@]12CCC/C(=C\C=C3C[C@@H](O)C[C@H](O)C3)[C@@H]1CC[C@@H]2CCCS(=O)(=O)c1ccccc1. The van der Waals surface area contributed by atoms with Gasteiger partial charge in [-0.3, -0.25) is 0 Å². The molecule has 3 saturated carbocycles. The minimum Gasteiger partial charge on any atom is -0.393 e. The molecule has 0 aromatic heterocycles. The third kappa shape index (κ3) is 5.21. The van der Waals surface area contributed by atoms with E-state index in [4.69, 9.17) is 0 Å². The number of benzene rings is 1. The summed E-state index contributed by atoms with van der Waals surface area (Å²) in [5.74, 6) is 1.38. The van der Waals surface area contributed by atoms with Crippen LogP contribution in [-0.4, -0.2) is 36.6 Å². The van der Waals surface area contributed by atoms with E-state index in [2.05, 4.69) is 19.1 Å². The lowest BCUT2D eigenvalue weighted by Crippen LogP contribution is -2.33. The summed E-state index contributed by atoms with van der Waals surface area (Å²) >= 11 is 0. The average molecular weight is 459 g/mol. The van der Waals surface area contributed by atoms with Gasteiger partial charge >= 0.3 is 0 Å². The summed E-state index contributed by atoms with van der Waals surface area (Å²) in [5, 5.41) is 19.9. The van der Waals surface area contributed by atoms with Crippen LogP contribution in [0.3, 0.4) is 0 Å². The molecule has 0 unspecified atom stereocenters. The standard InChI is InChI=1S/C27H38O4S/c1-27-15-5-7-21(12-11-20-17-23(28)19-24(29)18-20)26(27)14-13-22(27)8-6-16-32(30,31)25-9-3-2-4-10-25/h2-4,9-12,22-24,26,28-29H,5-8,13-19H2,1H3/b21-12+/t22-,23+,24+,26-,27+/m0/s1. The van der Waals surface area contributed by atoms with Crippen LogP contribution in [-0.2, 0) is 9.84 Å². The zero-order chi connectivity index (χ0) is 22.8. The molecular weight excluding hydrogens is 420 g/mol. The number of rotatable bonds is 6. The lowest BCUT2D eigenvalue weighted by molar-refractivity contribution is 0.0609. The van der Waals surface area contributed by atoms with Crippen LogP contribution in [0.5, 0.6) is 0 Å². The molecule has 1 aromatic carbocycles. The lowest BCUT2D eigenvalue weighted by Gasteiger charge is -2.42. The molecule has 5 atom stereocenters. The van der Waals surface area contributed by atoms with Crippen LogP contribution in [0.25, 0.3) is 0 Å². The summed E-state index contributed by atoms with van der Waals surface area (Å²) in [6, 6.07) is 8.81. The van der Waals surface area contributed by atoms with Gasteiger partial charge in [0.15, 0.2) is 9.84 Å². The second-order valence-corrected chi connectivity index (χ2v) is 12.6. The van der Waals surface area contributed by atoms with Gasteiger partial charge in [0, 0.05) is 0 Å². The monoisotopic (exact) mass is 458 g/mol. The normalized spacial score (nSPS) is 34.5. The van der Waals surface area contributed by atoms with Gasteiger partial charge in [-0.2, -0.15) is 0 Å². The Balaban J connectivity index is 1.39. The Hall–Kier alpha value is -1.43. The zero-order valence-corrected chi connectivity index (χ0v) is 20.1. The van der Waals surface area contributed by atoms with E-state index in [0.717, 1.165) is 24.8 Å².